The average molecular weight is 361 g/mol. The Bertz CT molecular complexity index is 608. The minimum atomic E-state index is -4.19. The Balaban J connectivity index is 1.55. The minimum Gasteiger partial charge on any atom is -0.341 e. The molecule has 1 saturated heterocycles. The maximum absolute atomic E-state index is 12.6. The number of carbonyl (C=O) groups is 1. The van der Waals surface area contributed by atoms with Crippen LogP contribution >= 0.6 is 11.6 Å². The lowest BCUT2D eigenvalue weighted by Crippen LogP contribution is -2.39. The third-order valence-electron chi connectivity index (χ3n) is 4.69. The molecule has 1 aliphatic carbocycles. The number of hydrogen-bond donors (Lipinski definition) is 0. The second kappa shape index (κ2) is 6.92. The van der Waals surface area contributed by atoms with Crippen LogP contribution in [0.15, 0.2) is 24.3 Å². The molecule has 1 heterocycles. The summed E-state index contributed by atoms with van der Waals surface area (Å²) < 4.78 is 37.5. The summed E-state index contributed by atoms with van der Waals surface area (Å²) in [6.07, 6.45) is -2.81. The van der Waals surface area contributed by atoms with Crippen molar-refractivity contribution in [2.45, 2.75) is 24.9 Å². The molecule has 2 atom stereocenters. The topological polar surface area (TPSA) is 23.6 Å². The first kappa shape index (κ1) is 17.5. The van der Waals surface area contributed by atoms with Crippen molar-refractivity contribution in [1.82, 2.24) is 9.80 Å². The maximum Gasteiger partial charge on any atom is 0.401 e. The van der Waals surface area contributed by atoms with Crippen LogP contribution in [-0.4, -0.2) is 54.6 Å². The van der Waals surface area contributed by atoms with E-state index in [-0.39, 0.29) is 24.3 Å². The predicted molar refractivity (Wildman–Crippen MR) is 86.0 cm³/mol. The highest BCUT2D eigenvalue weighted by atomic mass is 35.5. The van der Waals surface area contributed by atoms with E-state index in [1.54, 1.807) is 11.0 Å². The number of alkyl halides is 3. The van der Waals surface area contributed by atoms with Crippen LogP contribution < -0.4 is 0 Å². The Morgan fingerprint density at radius 2 is 2.00 bits per heavy atom. The van der Waals surface area contributed by atoms with E-state index in [2.05, 4.69) is 0 Å². The summed E-state index contributed by atoms with van der Waals surface area (Å²) in [4.78, 5) is 15.7. The van der Waals surface area contributed by atoms with E-state index < -0.39 is 12.7 Å². The lowest BCUT2D eigenvalue weighted by Gasteiger charge is -2.23. The average Bonchev–Trinajstić information content (AvgIpc) is 3.29. The number of amides is 1. The molecule has 2 fully saturated rings. The van der Waals surface area contributed by atoms with Crippen molar-refractivity contribution in [3.8, 4) is 0 Å². The van der Waals surface area contributed by atoms with Crippen LogP contribution in [-0.2, 0) is 4.79 Å². The fourth-order valence-electron chi connectivity index (χ4n) is 3.41. The van der Waals surface area contributed by atoms with E-state index >= 15 is 0 Å². The first-order chi connectivity index (χ1) is 11.3. The molecule has 3 nitrogen and oxygen atoms in total. The molecular weight excluding hydrogens is 341 g/mol. The molecule has 0 spiro atoms. The van der Waals surface area contributed by atoms with Gasteiger partial charge in [0.15, 0.2) is 0 Å². The smallest absolute Gasteiger partial charge is 0.341 e. The standard InChI is InChI=1S/C17H20ClF3N2O/c18-13-4-1-3-12(9-13)14-10-15(14)16(24)23-6-2-5-22(7-8-23)11-17(19,20)21/h1,3-4,9,14-15H,2,5-8,10-11H2. The summed E-state index contributed by atoms with van der Waals surface area (Å²) >= 11 is 5.99. The number of rotatable bonds is 3. The Morgan fingerprint density at radius 3 is 2.71 bits per heavy atom. The molecule has 2 unspecified atom stereocenters. The summed E-state index contributed by atoms with van der Waals surface area (Å²) in [6, 6.07) is 7.52. The number of hydrogen-bond acceptors (Lipinski definition) is 2. The van der Waals surface area contributed by atoms with E-state index in [1.165, 1.54) is 4.90 Å². The molecule has 1 aromatic carbocycles. The van der Waals surface area contributed by atoms with Gasteiger partial charge in [0.25, 0.3) is 0 Å². The maximum atomic E-state index is 12.6. The highest BCUT2D eigenvalue weighted by Crippen LogP contribution is 2.48. The first-order valence-corrected chi connectivity index (χ1v) is 8.54. The zero-order chi connectivity index (χ0) is 17.3. The van der Waals surface area contributed by atoms with Crippen LogP contribution in [0.25, 0.3) is 0 Å². The molecule has 24 heavy (non-hydrogen) atoms. The van der Waals surface area contributed by atoms with E-state index in [0.717, 1.165) is 12.0 Å². The first-order valence-electron chi connectivity index (χ1n) is 8.17. The quantitative estimate of drug-likeness (QED) is 0.823. The Morgan fingerprint density at radius 1 is 1.21 bits per heavy atom. The number of benzene rings is 1. The molecule has 0 aromatic heterocycles. The van der Waals surface area contributed by atoms with Gasteiger partial charge in [0, 0.05) is 37.1 Å². The van der Waals surface area contributed by atoms with Crippen LogP contribution in [0.3, 0.4) is 0 Å². The molecule has 1 amide bonds. The molecular formula is C17H20ClF3N2O. The van der Waals surface area contributed by atoms with Gasteiger partial charge >= 0.3 is 6.18 Å². The molecule has 0 N–H and O–H groups in total. The number of carbonyl (C=O) groups excluding carboxylic acids is 1. The Labute approximate surface area is 144 Å². The van der Waals surface area contributed by atoms with Gasteiger partial charge in [-0.05, 0) is 36.5 Å². The SMILES string of the molecule is O=C(C1CC1c1cccc(Cl)c1)N1CCCN(CC(F)(F)F)CC1. The highest BCUT2D eigenvalue weighted by Gasteiger charge is 2.46. The highest BCUT2D eigenvalue weighted by molar-refractivity contribution is 6.30. The largest absolute Gasteiger partial charge is 0.401 e. The van der Waals surface area contributed by atoms with E-state index in [1.807, 2.05) is 18.2 Å². The van der Waals surface area contributed by atoms with Crippen LogP contribution in [0.5, 0.6) is 0 Å². The van der Waals surface area contributed by atoms with Crippen molar-refractivity contribution in [2.75, 3.05) is 32.7 Å². The van der Waals surface area contributed by atoms with Gasteiger partial charge in [0.05, 0.1) is 6.54 Å². The summed E-state index contributed by atoms with van der Waals surface area (Å²) in [5.41, 5.74) is 1.06. The fourth-order valence-corrected chi connectivity index (χ4v) is 3.61. The van der Waals surface area contributed by atoms with Gasteiger partial charge in [-0.3, -0.25) is 9.69 Å². The normalized spacial score (nSPS) is 25.4. The number of nitrogens with zero attached hydrogens (tertiary/aromatic N) is 2. The second-order valence-electron chi connectivity index (χ2n) is 6.57. The van der Waals surface area contributed by atoms with E-state index in [9.17, 15) is 18.0 Å². The van der Waals surface area contributed by atoms with Gasteiger partial charge in [-0.1, -0.05) is 23.7 Å². The summed E-state index contributed by atoms with van der Waals surface area (Å²) in [5, 5.41) is 0.656. The van der Waals surface area contributed by atoms with Crippen LogP contribution in [0.1, 0.15) is 24.3 Å². The summed E-state index contributed by atoms with van der Waals surface area (Å²) in [6.45, 7) is 0.661. The van der Waals surface area contributed by atoms with Crippen molar-refractivity contribution in [2.24, 2.45) is 5.92 Å². The lowest BCUT2D eigenvalue weighted by atomic mass is 10.1. The third kappa shape index (κ3) is 4.42. The van der Waals surface area contributed by atoms with Gasteiger partial charge in [-0.2, -0.15) is 13.2 Å². The molecule has 1 saturated carbocycles. The second-order valence-corrected chi connectivity index (χ2v) is 7.01. The Kier molecular flexibility index (Phi) is 5.06. The minimum absolute atomic E-state index is 0.0577. The molecule has 0 radical (unpaired) electrons. The molecule has 7 heteroatoms. The monoisotopic (exact) mass is 360 g/mol. The van der Waals surface area contributed by atoms with Crippen LogP contribution in [0.2, 0.25) is 5.02 Å². The van der Waals surface area contributed by atoms with Crippen molar-refractivity contribution < 1.29 is 18.0 Å². The van der Waals surface area contributed by atoms with Crippen LogP contribution in [0, 0.1) is 5.92 Å². The van der Waals surface area contributed by atoms with E-state index in [4.69, 9.17) is 11.6 Å². The third-order valence-corrected chi connectivity index (χ3v) is 4.92. The van der Waals surface area contributed by atoms with Gasteiger partial charge in [0.2, 0.25) is 5.91 Å². The van der Waals surface area contributed by atoms with E-state index in [0.29, 0.717) is 31.1 Å². The molecule has 1 aromatic rings. The van der Waals surface area contributed by atoms with Crippen molar-refractivity contribution in [3.63, 3.8) is 0 Å². The van der Waals surface area contributed by atoms with Crippen molar-refractivity contribution >= 4 is 17.5 Å². The van der Waals surface area contributed by atoms with Gasteiger partial charge in [0.1, 0.15) is 0 Å². The molecule has 2 aliphatic rings. The van der Waals surface area contributed by atoms with Crippen molar-refractivity contribution in [3.05, 3.63) is 34.9 Å². The zero-order valence-electron chi connectivity index (χ0n) is 13.2. The van der Waals surface area contributed by atoms with Gasteiger partial charge < -0.3 is 4.90 Å². The molecule has 0 bridgehead atoms. The van der Waals surface area contributed by atoms with Crippen molar-refractivity contribution in [1.29, 1.82) is 0 Å². The lowest BCUT2D eigenvalue weighted by molar-refractivity contribution is -0.145. The predicted octanol–water partition coefficient (Wildman–Crippen LogP) is 3.54. The summed E-state index contributed by atoms with van der Waals surface area (Å²) in [7, 11) is 0. The zero-order valence-corrected chi connectivity index (χ0v) is 14.0. The molecule has 3 rings (SSSR count). The number of halogens is 4. The fraction of sp³-hybridized carbons (Fsp3) is 0.588. The molecule has 132 valence electrons. The van der Waals surface area contributed by atoms with Crippen LogP contribution in [0.4, 0.5) is 13.2 Å². The molecule has 1 aliphatic heterocycles. The van der Waals surface area contributed by atoms with Gasteiger partial charge in [-0.15, -0.1) is 0 Å². The van der Waals surface area contributed by atoms with Gasteiger partial charge in [-0.25, -0.2) is 0 Å². The summed E-state index contributed by atoms with van der Waals surface area (Å²) in [5.74, 6) is 0.192. The Hall–Kier alpha value is -1.27.